The highest BCUT2D eigenvalue weighted by Gasteiger charge is 2.40. The number of nitrogens with zero attached hydrogens (tertiary/aromatic N) is 3. The van der Waals surface area contributed by atoms with Crippen LogP contribution in [0, 0.1) is 17.2 Å². The predicted molar refractivity (Wildman–Crippen MR) is 85.2 cm³/mol. The molecule has 0 aromatic heterocycles. The molecule has 1 aromatic rings. The Balaban J connectivity index is 1.75. The van der Waals surface area contributed by atoms with E-state index in [0.717, 1.165) is 18.5 Å². The Kier molecular flexibility index (Phi) is 4.38. The summed E-state index contributed by atoms with van der Waals surface area (Å²) in [4.78, 5) is 14.5. The zero-order valence-corrected chi connectivity index (χ0v) is 12.5. The Morgan fingerprint density at radius 3 is 2.59 bits per heavy atom. The van der Waals surface area contributed by atoms with Gasteiger partial charge in [0.2, 0.25) is 0 Å². The van der Waals surface area contributed by atoms with Gasteiger partial charge in [0.25, 0.3) is 5.91 Å². The van der Waals surface area contributed by atoms with Gasteiger partial charge in [0, 0.05) is 12.6 Å². The molecular formula is C17H20N4O. The van der Waals surface area contributed by atoms with Crippen LogP contribution in [0.1, 0.15) is 32.1 Å². The van der Waals surface area contributed by atoms with E-state index in [1.807, 2.05) is 35.2 Å². The third kappa shape index (κ3) is 2.96. The lowest BCUT2D eigenvalue weighted by atomic mass is 9.94. The van der Waals surface area contributed by atoms with Crippen LogP contribution in [0.25, 0.3) is 0 Å². The molecule has 1 aromatic carbocycles. The summed E-state index contributed by atoms with van der Waals surface area (Å²) in [6.07, 6.45) is 5.67. The number of hydrogen-bond donors (Lipinski definition) is 1. The summed E-state index contributed by atoms with van der Waals surface area (Å²) in [6.45, 7) is 0.481. The summed E-state index contributed by atoms with van der Waals surface area (Å²) in [5, 5.41) is 13.6. The fraction of sp³-hybridized carbons (Fsp3) is 0.471. The summed E-state index contributed by atoms with van der Waals surface area (Å²) in [5.74, 6) is -0.521. The molecule has 0 radical (unpaired) electrons. The molecule has 114 valence electrons. The molecule has 1 atom stereocenters. The van der Waals surface area contributed by atoms with Crippen molar-refractivity contribution in [2.75, 3.05) is 12.0 Å². The fourth-order valence-electron chi connectivity index (χ4n) is 3.24. The minimum atomic E-state index is -0.439. The van der Waals surface area contributed by atoms with Gasteiger partial charge < -0.3 is 4.90 Å². The first kappa shape index (κ1) is 14.6. The summed E-state index contributed by atoms with van der Waals surface area (Å²) in [7, 11) is 0. The first-order chi connectivity index (χ1) is 10.8. The lowest BCUT2D eigenvalue weighted by molar-refractivity contribution is -0.125. The highest BCUT2D eigenvalue weighted by atomic mass is 16.2. The van der Waals surface area contributed by atoms with Crippen LogP contribution in [-0.4, -0.2) is 29.1 Å². The number of hydrazone groups is 1. The maximum Gasteiger partial charge on any atom is 0.271 e. The van der Waals surface area contributed by atoms with E-state index < -0.39 is 5.92 Å². The quantitative estimate of drug-likeness (QED) is 0.872. The summed E-state index contributed by atoms with van der Waals surface area (Å²) in [5.41, 5.74) is 4.05. The Bertz CT molecular complexity index is 599. The van der Waals surface area contributed by atoms with Gasteiger partial charge in [-0.15, -0.1) is 0 Å². The van der Waals surface area contributed by atoms with Crippen LogP contribution < -0.4 is 5.43 Å². The van der Waals surface area contributed by atoms with Crippen LogP contribution in [-0.2, 0) is 4.79 Å². The molecule has 0 spiro atoms. The van der Waals surface area contributed by atoms with Crippen molar-refractivity contribution in [3.63, 3.8) is 0 Å². The van der Waals surface area contributed by atoms with Gasteiger partial charge in [-0.2, -0.15) is 10.4 Å². The van der Waals surface area contributed by atoms with E-state index in [2.05, 4.69) is 16.6 Å². The number of amides is 1. The van der Waals surface area contributed by atoms with Gasteiger partial charge in [-0.05, 0) is 25.0 Å². The predicted octanol–water partition coefficient (Wildman–Crippen LogP) is 2.77. The maximum atomic E-state index is 12.6. The number of carbonyl (C=O) groups excluding carboxylic acids is 1. The van der Waals surface area contributed by atoms with E-state index in [9.17, 15) is 10.1 Å². The number of likely N-dealkylation sites (tertiary alicyclic amines) is 1. The van der Waals surface area contributed by atoms with Crippen molar-refractivity contribution in [2.45, 2.75) is 38.1 Å². The van der Waals surface area contributed by atoms with E-state index in [1.54, 1.807) is 0 Å². The van der Waals surface area contributed by atoms with Crippen LogP contribution in [0.3, 0.4) is 0 Å². The van der Waals surface area contributed by atoms with Gasteiger partial charge in [-0.25, -0.2) is 0 Å². The van der Waals surface area contributed by atoms with Crippen molar-refractivity contribution < 1.29 is 4.79 Å². The van der Waals surface area contributed by atoms with Crippen molar-refractivity contribution in [2.24, 2.45) is 11.0 Å². The number of benzene rings is 1. The average molecular weight is 296 g/mol. The van der Waals surface area contributed by atoms with Gasteiger partial charge in [0.15, 0.2) is 0 Å². The molecule has 1 N–H and O–H groups in total. The molecule has 2 fully saturated rings. The van der Waals surface area contributed by atoms with Crippen molar-refractivity contribution in [3.8, 4) is 6.07 Å². The van der Waals surface area contributed by atoms with Crippen LogP contribution in [0.15, 0.2) is 35.4 Å². The average Bonchev–Trinajstić information content (AvgIpc) is 2.90. The van der Waals surface area contributed by atoms with Crippen LogP contribution in [0.4, 0.5) is 5.69 Å². The first-order valence-corrected chi connectivity index (χ1v) is 7.89. The SMILES string of the molecule is N#CC1CN(C2CCCCC2)C(=O)/C1=N\Nc1ccccc1. The van der Waals surface area contributed by atoms with E-state index >= 15 is 0 Å². The monoisotopic (exact) mass is 296 g/mol. The van der Waals surface area contributed by atoms with Crippen LogP contribution in [0.5, 0.6) is 0 Å². The lowest BCUT2D eigenvalue weighted by Gasteiger charge is -2.30. The minimum Gasteiger partial charge on any atom is -0.333 e. The van der Waals surface area contributed by atoms with Gasteiger partial charge in [-0.3, -0.25) is 10.2 Å². The van der Waals surface area contributed by atoms with Crippen molar-refractivity contribution in [3.05, 3.63) is 30.3 Å². The second kappa shape index (κ2) is 6.61. The van der Waals surface area contributed by atoms with E-state index in [0.29, 0.717) is 12.3 Å². The molecule has 1 aliphatic heterocycles. The third-order valence-electron chi connectivity index (χ3n) is 4.44. The topological polar surface area (TPSA) is 68.5 Å². The molecule has 5 nitrogen and oxygen atoms in total. The highest BCUT2D eigenvalue weighted by Crippen LogP contribution is 2.27. The number of para-hydroxylation sites is 1. The number of nitriles is 1. The fourth-order valence-corrected chi connectivity index (χ4v) is 3.24. The second-order valence-electron chi connectivity index (χ2n) is 5.91. The van der Waals surface area contributed by atoms with Crippen LogP contribution in [0.2, 0.25) is 0 Å². The number of carbonyl (C=O) groups is 1. The first-order valence-electron chi connectivity index (χ1n) is 7.89. The van der Waals surface area contributed by atoms with Crippen molar-refractivity contribution in [1.82, 2.24) is 4.90 Å². The van der Waals surface area contributed by atoms with Gasteiger partial charge >= 0.3 is 0 Å². The van der Waals surface area contributed by atoms with Gasteiger partial charge in [0.05, 0.1) is 11.8 Å². The van der Waals surface area contributed by atoms with Crippen LogP contribution >= 0.6 is 0 Å². The molecule has 1 heterocycles. The zero-order valence-electron chi connectivity index (χ0n) is 12.5. The standard InChI is InChI=1S/C17H20N4O/c18-11-13-12-21(15-9-5-2-6-10-15)17(22)16(13)20-19-14-7-3-1-4-8-14/h1,3-4,7-8,13,15,19H,2,5-6,9-10,12H2/b20-16-. The summed E-state index contributed by atoms with van der Waals surface area (Å²) < 4.78 is 0. The molecule has 1 unspecified atom stereocenters. The van der Waals surface area contributed by atoms with E-state index in [4.69, 9.17) is 0 Å². The molecule has 1 saturated carbocycles. The largest absolute Gasteiger partial charge is 0.333 e. The van der Waals surface area contributed by atoms with Crippen molar-refractivity contribution in [1.29, 1.82) is 5.26 Å². The number of rotatable bonds is 3. The Morgan fingerprint density at radius 1 is 1.18 bits per heavy atom. The lowest BCUT2D eigenvalue weighted by Crippen LogP contribution is -2.39. The molecular weight excluding hydrogens is 276 g/mol. The molecule has 1 aliphatic carbocycles. The van der Waals surface area contributed by atoms with Crippen molar-refractivity contribution >= 4 is 17.3 Å². The normalized spacial score (nSPS) is 24.5. The molecule has 3 rings (SSSR count). The zero-order chi connectivity index (χ0) is 15.4. The molecule has 1 saturated heterocycles. The van der Waals surface area contributed by atoms with Gasteiger partial charge in [0.1, 0.15) is 11.6 Å². The minimum absolute atomic E-state index is 0.0816. The smallest absolute Gasteiger partial charge is 0.271 e. The number of nitrogens with one attached hydrogen (secondary N) is 1. The molecule has 22 heavy (non-hydrogen) atoms. The molecule has 0 bridgehead atoms. The summed E-state index contributed by atoms with van der Waals surface area (Å²) >= 11 is 0. The number of hydrogen-bond acceptors (Lipinski definition) is 4. The Morgan fingerprint density at radius 2 is 1.91 bits per heavy atom. The summed E-state index contributed by atoms with van der Waals surface area (Å²) in [6, 6.07) is 12.0. The third-order valence-corrected chi connectivity index (χ3v) is 4.44. The second-order valence-corrected chi connectivity index (χ2v) is 5.91. The molecule has 5 heteroatoms. The molecule has 1 amide bonds. The maximum absolute atomic E-state index is 12.6. The Labute approximate surface area is 130 Å². The number of anilines is 1. The molecule has 2 aliphatic rings. The highest BCUT2D eigenvalue weighted by molar-refractivity contribution is 6.42. The van der Waals surface area contributed by atoms with E-state index in [-0.39, 0.29) is 11.9 Å². The Hall–Kier alpha value is -2.35. The van der Waals surface area contributed by atoms with Gasteiger partial charge in [-0.1, -0.05) is 37.5 Å². The van der Waals surface area contributed by atoms with E-state index in [1.165, 1.54) is 19.3 Å².